The van der Waals surface area contributed by atoms with Gasteiger partial charge in [-0.15, -0.1) is 0 Å². The number of rotatable bonds is 0. The average Bonchev–Trinajstić information content (AvgIpc) is 2.46. The van der Waals surface area contributed by atoms with Crippen molar-refractivity contribution in [2.24, 2.45) is 11.8 Å². The predicted molar refractivity (Wildman–Crippen MR) is 48.8 cm³/mol. The zero-order valence-electron chi connectivity index (χ0n) is 5.87. The molecule has 2 aliphatic carbocycles. The van der Waals surface area contributed by atoms with Crippen LogP contribution in [0.25, 0.3) is 0 Å². The van der Waals surface area contributed by atoms with Gasteiger partial charge in [0, 0.05) is 5.92 Å². The number of hydrogen-bond acceptors (Lipinski definition) is 2. The van der Waals surface area contributed by atoms with Gasteiger partial charge in [0.25, 0.3) is 0 Å². The maximum Gasteiger partial charge on any atom is 0.0895 e. The summed E-state index contributed by atoms with van der Waals surface area (Å²) in [6.45, 7) is 0. The second kappa shape index (κ2) is 2.44. The van der Waals surface area contributed by atoms with Gasteiger partial charge < -0.3 is 10.2 Å². The lowest BCUT2D eigenvalue weighted by Crippen LogP contribution is -2.32. The average molecular weight is 286 g/mol. The van der Waals surface area contributed by atoms with Crippen LogP contribution in [0.3, 0.4) is 0 Å². The minimum atomic E-state index is -0.549. The van der Waals surface area contributed by atoms with Gasteiger partial charge in [-0.1, -0.05) is 31.9 Å². The smallest absolute Gasteiger partial charge is 0.0895 e. The Morgan fingerprint density at radius 3 is 2.36 bits per heavy atom. The summed E-state index contributed by atoms with van der Waals surface area (Å²) in [6, 6.07) is 0. The lowest BCUT2D eigenvalue weighted by molar-refractivity contribution is -0.0173. The second-order valence-corrected chi connectivity index (χ2v) is 7.13. The zero-order valence-corrected chi connectivity index (χ0v) is 9.05. The summed E-state index contributed by atoms with van der Waals surface area (Å²) in [7, 11) is 0. The molecule has 0 aliphatic heterocycles. The van der Waals surface area contributed by atoms with Crippen LogP contribution in [0.1, 0.15) is 12.8 Å². The molecule has 2 saturated carbocycles. The van der Waals surface area contributed by atoms with Crippen molar-refractivity contribution in [2.75, 3.05) is 0 Å². The molecule has 2 N–H and O–H groups in total. The van der Waals surface area contributed by atoms with Crippen molar-refractivity contribution in [3.8, 4) is 0 Å². The first-order chi connectivity index (χ1) is 5.05. The Kier molecular flexibility index (Phi) is 1.88. The number of fused-ring (bicyclic) bond motifs is 1. The fraction of sp³-hybridized carbons (Fsp3) is 1.00. The molecule has 11 heavy (non-hydrogen) atoms. The van der Waals surface area contributed by atoms with Gasteiger partial charge >= 0.3 is 0 Å². The molecule has 2 rings (SSSR count). The summed E-state index contributed by atoms with van der Waals surface area (Å²) in [6.07, 6.45) is 0.654. The van der Waals surface area contributed by atoms with Gasteiger partial charge in [-0.25, -0.2) is 0 Å². The second-order valence-electron chi connectivity index (χ2n) is 3.44. The van der Waals surface area contributed by atoms with E-state index in [1.807, 2.05) is 0 Å². The molecule has 0 heterocycles. The number of hydrogen-bond donors (Lipinski definition) is 2. The van der Waals surface area contributed by atoms with Crippen molar-refractivity contribution in [3.63, 3.8) is 0 Å². The van der Waals surface area contributed by atoms with Gasteiger partial charge in [0.1, 0.15) is 0 Å². The van der Waals surface area contributed by atoms with Crippen molar-refractivity contribution in [1.82, 2.24) is 0 Å². The van der Waals surface area contributed by atoms with E-state index in [1.54, 1.807) is 0 Å². The quantitative estimate of drug-likeness (QED) is 0.658. The van der Waals surface area contributed by atoms with Crippen molar-refractivity contribution >= 4 is 31.9 Å². The van der Waals surface area contributed by atoms with E-state index in [0.717, 1.165) is 12.8 Å². The summed E-state index contributed by atoms with van der Waals surface area (Å²) in [5.41, 5.74) is 0. The van der Waals surface area contributed by atoms with Crippen LogP contribution < -0.4 is 0 Å². The number of alkyl halides is 2. The lowest BCUT2D eigenvalue weighted by atomic mass is 9.95. The monoisotopic (exact) mass is 284 g/mol. The van der Waals surface area contributed by atoms with E-state index < -0.39 is 12.2 Å². The first-order valence-corrected chi connectivity index (χ1v) is 5.37. The van der Waals surface area contributed by atoms with E-state index >= 15 is 0 Å². The van der Waals surface area contributed by atoms with Gasteiger partial charge in [-0.2, -0.15) is 0 Å². The van der Waals surface area contributed by atoms with E-state index in [1.165, 1.54) is 0 Å². The third kappa shape index (κ3) is 1.10. The van der Waals surface area contributed by atoms with Crippen molar-refractivity contribution in [2.45, 2.75) is 28.3 Å². The van der Waals surface area contributed by atoms with Crippen LogP contribution in [-0.2, 0) is 0 Å². The fourth-order valence-corrected chi connectivity index (χ4v) is 3.96. The van der Waals surface area contributed by atoms with Crippen molar-refractivity contribution < 1.29 is 10.2 Å². The predicted octanol–water partition coefficient (Wildman–Crippen LogP) is 1.23. The van der Waals surface area contributed by atoms with E-state index in [2.05, 4.69) is 31.9 Å². The molecule has 4 atom stereocenters. The maximum absolute atomic E-state index is 9.51. The highest BCUT2D eigenvalue weighted by atomic mass is 79.9. The molecule has 2 nitrogen and oxygen atoms in total. The highest BCUT2D eigenvalue weighted by Crippen LogP contribution is 2.67. The summed E-state index contributed by atoms with van der Waals surface area (Å²) < 4.78 is -0.0864. The van der Waals surface area contributed by atoms with Crippen LogP contribution in [-0.4, -0.2) is 25.7 Å². The molecular weight excluding hydrogens is 276 g/mol. The first kappa shape index (κ1) is 8.48. The molecule has 0 saturated heterocycles. The molecule has 4 heteroatoms. The number of aliphatic hydroxyl groups excluding tert-OH is 2. The van der Waals surface area contributed by atoms with E-state index in [-0.39, 0.29) is 9.15 Å². The van der Waals surface area contributed by atoms with Crippen LogP contribution in [0.2, 0.25) is 0 Å². The molecule has 64 valence electrons. The SMILES string of the molecule is OC1CCC2C(C1O)C2(Br)Br. The highest BCUT2D eigenvalue weighted by molar-refractivity contribution is 9.25. The topological polar surface area (TPSA) is 40.5 Å². The molecule has 0 spiro atoms. The van der Waals surface area contributed by atoms with Crippen LogP contribution >= 0.6 is 31.9 Å². The standard InChI is InChI=1S/C7H10Br2O2/c8-7(9)3-1-2-4(10)6(11)5(3)7/h3-6,10-11H,1-2H2. The lowest BCUT2D eigenvalue weighted by Gasteiger charge is -2.21. The van der Waals surface area contributed by atoms with Gasteiger partial charge in [0.15, 0.2) is 0 Å². The van der Waals surface area contributed by atoms with Gasteiger partial charge in [-0.3, -0.25) is 0 Å². The van der Waals surface area contributed by atoms with E-state index in [0.29, 0.717) is 5.92 Å². The third-order valence-corrected chi connectivity index (χ3v) is 5.03. The summed E-state index contributed by atoms with van der Waals surface area (Å²) in [4.78, 5) is 0. The number of halogens is 2. The maximum atomic E-state index is 9.51. The fourth-order valence-electron chi connectivity index (χ4n) is 2.01. The molecule has 2 fully saturated rings. The van der Waals surface area contributed by atoms with Crippen LogP contribution in [0.15, 0.2) is 0 Å². The molecule has 0 aromatic rings. The van der Waals surface area contributed by atoms with Crippen molar-refractivity contribution in [3.05, 3.63) is 0 Å². The minimum Gasteiger partial charge on any atom is -0.390 e. The van der Waals surface area contributed by atoms with Crippen molar-refractivity contribution in [1.29, 1.82) is 0 Å². The normalized spacial score (nSPS) is 53.5. The Morgan fingerprint density at radius 1 is 1.18 bits per heavy atom. The Morgan fingerprint density at radius 2 is 1.82 bits per heavy atom. The minimum absolute atomic E-state index is 0.0864. The first-order valence-electron chi connectivity index (χ1n) is 3.79. The summed E-state index contributed by atoms with van der Waals surface area (Å²) in [5, 5.41) is 18.8. The van der Waals surface area contributed by atoms with E-state index in [9.17, 15) is 10.2 Å². The highest BCUT2D eigenvalue weighted by Gasteiger charge is 2.67. The van der Waals surface area contributed by atoms with Gasteiger partial charge in [0.05, 0.1) is 15.4 Å². The number of aliphatic hydroxyl groups is 2. The Bertz CT molecular complexity index is 183. The molecule has 4 unspecified atom stereocenters. The van der Waals surface area contributed by atoms with Crippen LogP contribution in [0, 0.1) is 11.8 Å². The Hall–Kier alpha value is 0.880. The molecule has 0 amide bonds. The molecule has 2 aliphatic rings. The molecule has 0 radical (unpaired) electrons. The molecule has 0 aromatic carbocycles. The largest absolute Gasteiger partial charge is 0.390 e. The molecular formula is C7H10Br2O2. The Labute approximate surface area is 82.2 Å². The summed E-state index contributed by atoms with van der Waals surface area (Å²) in [5.74, 6) is 0.701. The molecule has 0 bridgehead atoms. The molecule has 0 aromatic heterocycles. The van der Waals surface area contributed by atoms with Crippen LogP contribution in [0.5, 0.6) is 0 Å². The van der Waals surface area contributed by atoms with Gasteiger partial charge in [-0.05, 0) is 18.8 Å². The van der Waals surface area contributed by atoms with Crippen LogP contribution in [0.4, 0.5) is 0 Å². The van der Waals surface area contributed by atoms with Gasteiger partial charge in [0.2, 0.25) is 0 Å². The summed E-state index contributed by atoms with van der Waals surface area (Å²) >= 11 is 6.99. The Balaban J connectivity index is 2.12. The third-order valence-electron chi connectivity index (χ3n) is 2.80. The zero-order chi connectivity index (χ0) is 8.22. The van der Waals surface area contributed by atoms with E-state index in [4.69, 9.17) is 0 Å².